The SMILES string of the molecule is Cc1cc([C@@H](C)Nc2ccc(Cl)nc2C(=O)NS(C)(=O)=O)c2nc(N3C[C@@H]4C(c5nn(C)cc5C)[C@@H]4C3)n(C)c(=O)c2c1. The first-order valence-electron chi connectivity index (χ1n) is 13.9. The third kappa shape index (κ3) is 5.35. The van der Waals surface area contributed by atoms with Crippen molar-refractivity contribution in [3.63, 3.8) is 0 Å². The van der Waals surface area contributed by atoms with E-state index in [2.05, 4.69) is 28.3 Å². The monoisotopic (exact) mass is 624 g/mol. The van der Waals surface area contributed by atoms with Crippen LogP contribution in [0, 0.1) is 25.7 Å². The van der Waals surface area contributed by atoms with E-state index in [9.17, 15) is 18.0 Å². The molecule has 4 heterocycles. The van der Waals surface area contributed by atoms with Crippen molar-refractivity contribution >= 4 is 50.1 Å². The number of carbonyl (C=O) groups excluding carboxylic acids is 1. The highest BCUT2D eigenvalue weighted by Gasteiger charge is 2.58. The second-order valence-corrected chi connectivity index (χ2v) is 13.9. The van der Waals surface area contributed by atoms with Gasteiger partial charge in [0.1, 0.15) is 5.15 Å². The number of sulfonamides is 1. The van der Waals surface area contributed by atoms with E-state index >= 15 is 0 Å². The molecule has 0 spiro atoms. The molecule has 4 aromatic rings. The Bertz CT molecular complexity index is 1960. The van der Waals surface area contributed by atoms with E-state index in [1.165, 1.54) is 11.6 Å². The third-order valence-electron chi connectivity index (χ3n) is 8.37. The lowest BCUT2D eigenvalue weighted by Gasteiger charge is -2.25. The Hall–Kier alpha value is -3.97. The normalized spacial score (nSPS) is 20.3. The molecule has 226 valence electrons. The Morgan fingerprint density at radius 1 is 1.12 bits per heavy atom. The molecule has 3 aromatic heterocycles. The van der Waals surface area contributed by atoms with Crippen molar-refractivity contribution in [1.82, 2.24) is 29.0 Å². The van der Waals surface area contributed by atoms with Gasteiger partial charge in [0.15, 0.2) is 5.69 Å². The molecule has 0 radical (unpaired) electrons. The third-order valence-corrected chi connectivity index (χ3v) is 9.13. The van der Waals surface area contributed by atoms with Gasteiger partial charge in [-0.2, -0.15) is 5.10 Å². The van der Waals surface area contributed by atoms with E-state index in [-0.39, 0.29) is 22.1 Å². The topological polar surface area (TPSA) is 144 Å². The van der Waals surface area contributed by atoms with Crippen molar-refractivity contribution in [3.8, 4) is 0 Å². The molecule has 4 atom stereocenters. The fourth-order valence-corrected chi connectivity index (χ4v) is 7.04. The quantitative estimate of drug-likeness (QED) is 0.296. The molecule has 12 nitrogen and oxygen atoms in total. The van der Waals surface area contributed by atoms with Crippen LogP contribution < -0.4 is 20.5 Å². The van der Waals surface area contributed by atoms with E-state index in [4.69, 9.17) is 21.7 Å². The molecule has 14 heteroatoms. The van der Waals surface area contributed by atoms with Crippen molar-refractivity contribution in [1.29, 1.82) is 0 Å². The van der Waals surface area contributed by atoms with Gasteiger partial charge in [-0.05, 0) is 61.9 Å². The van der Waals surface area contributed by atoms with E-state index in [1.54, 1.807) is 17.7 Å². The number of aromatic nitrogens is 5. The number of rotatable bonds is 7. The van der Waals surface area contributed by atoms with E-state index in [0.717, 1.165) is 36.2 Å². The highest BCUT2D eigenvalue weighted by Crippen LogP contribution is 2.58. The predicted octanol–water partition coefficient (Wildman–Crippen LogP) is 3.04. The summed E-state index contributed by atoms with van der Waals surface area (Å²) >= 11 is 6.04. The highest BCUT2D eigenvalue weighted by atomic mass is 35.5. The summed E-state index contributed by atoms with van der Waals surface area (Å²) < 4.78 is 28.8. The van der Waals surface area contributed by atoms with E-state index < -0.39 is 22.0 Å². The Kier molecular flexibility index (Phi) is 7.00. The van der Waals surface area contributed by atoms with Crippen molar-refractivity contribution in [2.24, 2.45) is 25.9 Å². The number of nitrogens with zero attached hydrogens (tertiary/aromatic N) is 6. The number of fused-ring (bicyclic) bond motifs is 2. The number of carbonyl (C=O) groups is 1. The lowest BCUT2D eigenvalue weighted by Crippen LogP contribution is -2.32. The number of pyridine rings is 1. The van der Waals surface area contributed by atoms with Gasteiger partial charge in [-0.15, -0.1) is 0 Å². The summed E-state index contributed by atoms with van der Waals surface area (Å²) in [5.74, 6) is 1.07. The molecule has 2 fully saturated rings. The molecule has 1 aliphatic carbocycles. The van der Waals surface area contributed by atoms with E-state index in [0.29, 0.717) is 34.6 Å². The summed E-state index contributed by atoms with van der Waals surface area (Å²) in [6.07, 6.45) is 2.94. The number of hydrogen-bond acceptors (Lipinski definition) is 9. The first kappa shape index (κ1) is 29.1. The van der Waals surface area contributed by atoms with Gasteiger partial charge in [-0.25, -0.2) is 23.1 Å². The second kappa shape index (κ2) is 10.3. The van der Waals surface area contributed by atoms with Crippen LogP contribution in [0.1, 0.15) is 51.8 Å². The van der Waals surface area contributed by atoms with Gasteiger partial charge in [0, 0.05) is 44.9 Å². The van der Waals surface area contributed by atoms with Crippen LogP contribution in [0.25, 0.3) is 10.9 Å². The molecular formula is C29H33ClN8O4S. The smallest absolute Gasteiger partial charge is 0.285 e. The number of anilines is 2. The van der Waals surface area contributed by atoms with Crippen molar-refractivity contribution in [3.05, 3.63) is 74.0 Å². The van der Waals surface area contributed by atoms with Crippen LogP contribution >= 0.6 is 11.6 Å². The Morgan fingerprint density at radius 3 is 2.44 bits per heavy atom. The van der Waals surface area contributed by atoms with Crippen LogP contribution in [0.2, 0.25) is 5.15 Å². The molecule has 1 saturated carbocycles. The summed E-state index contributed by atoms with van der Waals surface area (Å²) in [7, 11) is -0.128. The van der Waals surface area contributed by atoms with Crippen LogP contribution in [-0.2, 0) is 24.1 Å². The molecule has 6 rings (SSSR count). The van der Waals surface area contributed by atoms with Gasteiger partial charge in [-0.1, -0.05) is 17.7 Å². The Balaban J connectivity index is 1.33. The van der Waals surface area contributed by atoms with Gasteiger partial charge in [0.05, 0.1) is 34.6 Å². The summed E-state index contributed by atoms with van der Waals surface area (Å²) in [4.78, 5) is 37.7. The van der Waals surface area contributed by atoms with Crippen LogP contribution in [0.4, 0.5) is 11.6 Å². The summed E-state index contributed by atoms with van der Waals surface area (Å²) in [6.45, 7) is 7.47. The van der Waals surface area contributed by atoms with Crippen LogP contribution in [0.15, 0.2) is 35.3 Å². The molecule has 43 heavy (non-hydrogen) atoms. The standard InChI is InChI=1S/C29H33ClN8O4S/c1-14-9-17(16(3)31-21-7-8-22(30)32-26(21)27(39)35-43(6,41)42)25-18(10-14)28(40)37(5)29(33-25)38-12-19-20(13-38)23(19)24-15(2)11-36(4)34-24/h7-11,16,19-20,23,31H,12-13H2,1-6H3,(H,35,39)/t16-,19-,20+,23?/m1/s1. The van der Waals surface area contributed by atoms with Crippen LogP contribution in [0.5, 0.6) is 0 Å². The first-order chi connectivity index (χ1) is 20.2. The molecule has 2 aliphatic rings. The molecule has 1 amide bonds. The number of amides is 1. The van der Waals surface area contributed by atoms with Crippen LogP contribution in [-0.4, -0.2) is 58.0 Å². The maximum Gasteiger partial charge on any atom is 0.285 e. The molecule has 1 saturated heterocycles. The number of aryl methyl sites for hydroxylation is 3. The number of hydrogen-bond donors (Lipinski definition) is 2. The maximum atomic E-state index is 13.7. The highest BCUT2D eigenvalue weighted by molar-refractivity contribution is 7.89. The van der Waals surface area contributed by atoms with Crippen molar-refractivity contribution < 1.29 is 13.2 Å². The minimum absolute atomic E-state index is 0.0387. The Labute approximate surface area is 254 Å². The van der Waals surface area contributed by atoms with Gasteiger partial charge in [0.2, 0.25) is 16.0 Å². The minimum Gasteiger partial charge on any atom is -0.377 e. The van der Waals surface area contributed by atoms with Gasteiger partial charge >= 0.3 is 0 Å². The summed E-state index contributed by atoms with van der Waals surface area (Å²) in [6, 6.07) is 6.42. The number of piperidine rings is 1. The molecule has 0 bridgehead atoms. The van der Waals surface area contributed by atoms with Crippen molar-refractivity contribution in [2.75, 3.05) is 29.6 Å². The molecule has 2 N–H and O–H groups in total. The van der Waals surface area contributed by atoms with Gasteiger partial charge in [0.25, 0.3) is 11.5 Å². The number of nitrogens with one attached hydrogen (secondary N) is 2. The minimum atomic E-state index is -3.83. The Morgan fingerprint density at radius 2 is 1.81 bits per heavy atom. The van der Waals surface area contributed by atoms with Crippen LogP contribution in [0.3, 0.4) is 0 Å². The molecular weight excluding hydrogens is 592 g/mol. The molecule has 1 aliphatic heterocycles. The predicted molar refractivity (Wildman–Crippen MR) is 165 cm³/mol. The first-order valence-corrected chi connectivity index (χ1v) is 16.2. The van der Waals surface area contributed by atoms with E-state index in [1.807, 2.05) is 42.4 Å². The zero-order valence-corrected chi connectivity index (χ0v) is 26.3. The number of benzene rings is 1. The largest absolute Gasteiger partial charge is 0.377 e. The summed E-state index contributed by atoms with van der Waals surface area (Å²) in [5, 5.41) is 8.48. The lowest BCUT2D eigenvalue weighted by atomic mass is 10.0. The fourth-order valence-electron chi connectivity index (χ4n) is 6.46. The molecule has 1 aromatic carbocycles. The lowest BCUT2D eigenvalue weighted by molar-refractivity contribution is 0.0977. The van der Waals surface area contributed by atoms with Gasteiger partial charge < -0.3 is 10.2 Å². The average Bonchev–Trinajstić information content (AvgIpc) is 3.21. The van der Waals surface area contributed by atoms with Crippen molar-refractivity contribution in [2.45, 2.75) is 32.7 Å². The summed E-state index contributed by atoms with van der Waals surface area (Å²) in [5.41, 5.74) is 4.54. The maximum absolute atomic E-state index is 13.7. The fraction of sp³-hybridized carbons (Fsp3) is 0.414. The molecule has 1 unspecified atom stereocenters. The van der Waals surface area contributed by atoms with Gasteiger partial charge in [-0.3, -0.25) is 18.8 Å². The second-order valence-electron chi connectivity index (χ2n) is 11.8. The number of halogens is 1. The zero-order valence-electron chi connectivity index (χ0n) is 24.7. The zero-order chi connectivity index (χ0) is 31.0. The average molecular weight is 625 g/mol.